The lowest BCUT2D eigenvalue weighted by molar-refractivity contribution is -0.119. The number of hydrazone groups is 1. The minimum absolute atomic E-state index is 0.0893. The molecule has 2 aromatic rings. The fourth-order valence-electron chi connectivity index (χ4n) is 2.14. The molecule has 3 N–H and O–H groups in total. The molecule has 132 valence electrons. The van der Waals surface area contributed by atoms with Gasteiger partial charge in [-0.2, -0.15) is 5.10 Å². The number of phenolic OH excluding ortho intramolecular Hbond substituents is 1. The van der Waals surface area contributed by atoms with Crippen LogP contribution in [0.2, 0.25) is 0 Å². The number of phenols is 1. The molecule has 0 heterocycles. The molecule has 2 rings (SSSR count). The Bertz CT molecular complexity index is 750. The van der Waals surface area contributed by atoms with Gasteiger partial charge in [-0.1, -0.05) is 12.1 Å². The largest absolute Gasteiger partial charge is 0.502 e. The van der Waals surface area contributed by atoms with E-state index in [-0.39, 0.29) is 29.7 Å². The molecule has 7 heteroatoms. The Balaban J connectivity index is 1.93. The molecule has 25 heavy (non-hydrogen) atoms. The van der Waals surface area contributed by atoms with Crippen LogP contribution in [0.4, 0.5) is 5.69 Å². The van der Waals surface area contributed by atoms with Crippen molar-refractivity contribution in [1.82, 2.24) is 5.43 Å². The predicted molar refractivity (Wildman–Crippen MR) is 96.6 cm³/mol. The molecule has 0 bridgehead atoms. The van der Waals surface area contributed by atoms with Gasteiger partial charge in [0.2, 0.25) is 5.75 Å². The first kappa shape index (κ1) is 18.1. The smallest absolute Gasteiger partial charge is 0.259 e. The van der Waals surface area contributed by atoms with Gasteiger partial charge in [0.15, 0.2) is 11.5 Å². The Morgan fingerprint density at radius 2 is 1.88 bits per heavy atom. The van der Waals surface area contributed by atoms with Crippen molar-refractivity contribution in [2.45, 2.75) is 6.92 Å². The monoisotopic (exact) mass is 343 g/mol. The summed E-state index contributed by atoms with van der Waals surface area (Å²) in [5.41, 5.74) is 5.02. The zero-order chi connectivity index (χ0) is 18.2. The number of hydrogen-bond acceptors (Lipinski definition) is 6. The van der Waals surface area contributed by atoms with Crippen molar-refractivity contribution >= 4 is 17.8 Å². The van der Waals surface area contributed by atoms with E-state index in [9.17, 15) is 9.90 Å². The van der Waals surface area contributed by atoms with Crippen LogP contribution in [0.3, 0.4) is 0 Å². The molecule has 0 atom stereocenters. The molecule has 2 aromatic carbocycles. The van der Waals surface area contributed by atoms with E-state index in [0.717, 1.165) is 11.3 Å². The van der Waals surface area contributed by atoms with Crippen molar-refractivity contribution in [3.05, 3.63) is 47.5 Å². The Labute approximate surface area is 146 Å². The number of methoxy groups -OCH3 is 2. The summed E-state index contributed by atoms with van der Waals surface area (Å²) in [6.45, 7) is 2.08. The van der Waals surface area contributed by atoms with Gasteiger partial charge >= 0.3 is 0 Å². The lowest BCUT2D eigenvalue weighted by Gasteiger charge is -2.09. The molecule has 0 spiro atoms. The van der Waals surface area contributed by atoms with Crippen LogP contribution in [0, 0.1) is 6.92 Å². The maximum Gasteiger partial charge on any atom is 0.259 e. The Morgan fingerprint density at radius 3 is 2.48 bits per heavy atom. The van der Waals surface area contributed by atoms with Crippen molar-refractivity contribution < 1.29 is 19.4 Å². The average Bonchev–Trinajstić information content (AvgIpc) is 2.61. The number of nitrogens with zero attached hydrogens (tertiary/aromatic N) is 1. The van der Waals surface area contributed by atoms with Crippen LogP contribution in [-0.4, -0.2) is 38.0 Å². The van der Waals surface area contributed by atoms with E-state index in [1.165, 1.54) is 20.4 Å². The Morgan fingerprint density at radius 1 is 1.20 bits per heavy atom. The number of aryl methyl sites for hydroxylation is 1. The predicted octanol–water partition coefficient (Wildman–Crippen LogP) is 2.28. The summed E-state index contributed by atoms with van der Waals surface area (Å²) in [4.78, 5) is 11.8. The minimum atomic E-state index is -0.282. The average molecular weight is 343 g/mol. The summed E-state index contributed by atoms with van der Waals surface area (Å²) in [5.74, 6) is 0.144. The van der Waals surface area contributed by atoms with Crippen LogP contribution in [0.5, 0.6) is 17.2 Å². The molecule has 0 aliphatic rings. The first-order valence-corrected chi connectivity index (χ1v) is 7.61. The molecular weight excluding hydrogens is 322 g/mol. The summed E-state index contributed by atoms with van der Waals surface area (Å²) >= 11 is 0. The van der Waals surface area contributed by atoms with Crippen molar-refractivity contribution in [1.29, 1.82) is 0 Å². The number of aromatic hydroxyl groups is 1. The number of amides is 1. The molecule has 0 unspecified atom stereocenters. The Kier molecular flexibility index (Phi) is 6.22. The number of carbonyl (C=O) groups is 1. The topological polar surface area (TPSA) is 92.2 Å². The number of benzene rings is 2. The molecule has 0 aromatic heterocycles. The van der Waals surface area contributed by atoms with E-state index < -0.39 is 0 Å². The number of rotatable bonds is 7. The van der Waals surface area contributed by atoms with Crippen LogP contribution in [0.15, 0.2) is 41.5 Å². The van der Waals surface area contributed by atoms with E-state index in [2.05, 4.69) is 15.8 Å². The highest BCUT2D eigenvalue weighted by atomic mass is 16.5. The van der Waals surface area contributed by atoms with E-state index in [1.54, 1.807) is 12.1 Å². The van der Waals surface area contributed by atoms with Gasteiger partial charge in [-0.3, -0.25) is 4.79 Å². The number of nitrogens with one attached hydrogen (secondary N) is 2. The van der Waals surface area contributed by atoms with Gasteiger partial charge < -0.3 is 19.9 Å². The van der Waals surface area contributed by atoms with Gasteiger partial charge in [0.05, 0.1) is 27.0 Å². The van der Waals surface area contributed by atoms with Gasteiger partial charge in [0, 0.05) is 11.3 Å². The molecule has 0 aliphatic carbocycles. The number of carbonyl (C=O) groups excluding carboxylic acids is 1. The highest BCUT2D eigenvalue weighted by molar-refractivity contribution is 5.85. The second-order valence-electron chi connectivity index (χ2n) is 5.29. The van der Waals surface area contributed by atoms with Gasteiger partial charge in [-0.25, -0.2) is 5.43 Å². The zero-order valence-corrected chi connectivity index (χ0v) is 14.4. The van der Waals surface area contributed by atoms with Crippen LogP contribution >= 0.6 is 0 Å². The Hall–Kier alpha value is -3.22. The van der Waals surface area contributed by atoms with Crippen LogP contribution < -0.4 is 20.2 Å². The van der Waals surface area contributed by atoms with Gasteiger partial charge in [0.1, 0.15) is 0 Å². The fourth-order valence-corrected chi connectivity index (χ4v) is 2.14. The third kappa shape index (κ3) is 5.13. The quantitative estimate of drug-likeness (QED) is 0.530. The van der Waals surface area contributed by atoms with E-state index >= 15 is 0 Å². The van der Waals surface area contributed by atoms with Crippen LogP contribution in [0.25, 0.3) is 0 Å². The van der Waals surface area contributed by atoms with E-state index in [1.807, 2.05) is 31.2 Å². The molecule has 0 fully saturated rings. The fraction of sp³-hybridized carbons (Fsp3) is 0.222. The molecule has 0 radical (unpaired) electrons. The zero-order valence-electron chi connectivity index (χ0n) is 14.4. The summed E-state index contributed by atoms with van der Waals surface area (Å²) < 4.78 is 10.1. The number of ether oxygens (including phenoxy) is 2. The molecule has 1 amide bonds. The third-order valence-electron chi connectivity index (χ3n) is 3.38. The van der Waals surface area contributed by atoms with E-state index in [0.29, 0.717) is 5.56 Å². The lowest BCUT2D eigenvalue weighted by atomic mass is 10.2. The van der Waals surface area contributed by atoms with Crippen LogP contribution in [-0.2, 0) is 4.79 Å². The lowest BCUT2D eigenvalue weighted by Crippen LogP contribution is -2.25. The van der Waals surface area contributed by atoms with Crippen LogP contribution in [0.1, 0.15) is 11.1 Å². The van der Waals surface area contributed by atoms with Crippen molar-refractivity contribution in [2.75, 3.05) is 26.1 Å². The van der Waals surface area contributed by atoms with Gasteiger partial charge in [-0.05, 0) is 36.8 Å². The SMILES string of the molecule is COc1cc(/C=N/NC(=O)CNc2cccc(C)c2)cc(OC)c1O. The summed E-state index contributed by atoms with van der Waals surface area (Å²) in [7, 11) is 2.88. The molecule has 0 saturated carbocycles. The standard InChI is InChI=1S/C18H21N3O4/c1-12-5-4-6-14(7-12)19-11-17(22)21-20-10-13-8-15(24-2)18(23)16(9-13)25-3/h4-10,19,23H,11H2,1-3H3,(H,21,22)/b20-10+. The summed E-state index contributed by atoms with van der Waals surface area (Å²) in [5, 5.41) is 16.8. The third-order valence-corrected chi connectivity index (χ3v) is 3.38. The van der Waals surface area contributed by atoms with Crippen molar-refractivity contribution in [2.24, 2.45) is 5.10 Å². The molecule has 7 nitrogen and oxygen atoms in total. The maximum absolute atomic E-state index is 11.8. The first-order valence-electron chi connectivity index (χ1n) is 7.61. The second-order valence-corrected chi connectivity index (χ2v) is 5.29. The molecular formula is C18H21N3O4. The summed E-state index contributed by atoms with van der Waals surface area (Å²) in [6.07, 6.45) is 1.44. The molecule has 0 saturated heterocycles. The van der Waals surface area contributed by atoms with Crippen molar-refractivity contribution in [3.8, 4) is 17.2 Å². The highest BCUT2D eigenvalue weighted by Gasteiger charge is 2.10. The normalized spacial score (nSPS) is 10.5. The summed E-state index contributed by atoms with van der Waals surface area (Å²) in [6, 6.07) is 10.9. The van der Waals surface area contributed by atoms with E-state index in [4.69, 9.17) is 9.47 Å². The number of anilines is 1. The maximum atomic E-state index is 11.8. The van der Waals surface area contributed by atoms with Gasteiger partial charge in [0.25, 0.3) is 5.91 Å². The van der Waals surface area contributed by atoms with Crippen molar-refractivity contribution in [3.63, 3.8) is 0 Å². The number of hydrogen-bond donors (Lipinski definition) is 3. The van der Waals surface area contributed by atoms with Gasteiger partial charge in [-0.15, -0.1) is 0 Å². The highest BCUT2D eigenvalue weighted by Crippen LogP contribution is 2.36. The second kappa shape index (κ2) is 8.58. The molecule has 0 aliphatic heterocycles. The minimum Gasteiger partial charge on any atom is -0.502 e. The first-order chi connectivity index (χ1) is 12.0.